The summed E-state index contributed by atoms with van der Waals surface area (Å²) in [7, 11) is 0. The van der Waals surface area contributed by atoms with Crippen molar-refractivity contribution in [2.45, 2.75) is 143 Å². The van der Waals surface area contributed by atoms with Crippen molar-refractivity contribution in [2.75, 3.05) is 0 Å². The Morgan fingerprint density at radius 3 is 2.20 bits per heavy atom. The molecule has 5 aliphatic carbocycles. The number of carboxylic acids is 2. The van der Waals surface area contributed by atoms with Crippen molar-refractivity contribution in [1.29, 1.82) is 0 Å². The van der Waals surface area contributed by atoms with Crippen molar-refractivity contribution >= 4 is 11.9 Å². The molecule has 0 unspecified atom stereocenters. The highest BCUT2D eigenvalue weighted by Gasteiger charge is 2.70. The Hall–Kier alpha value is -1.52. The van der Waals surface area contributed by atoms with Crippen molar-refractivity contribution in [2.24, 2.45) is 56.7 Å². The first-order chi connectivity index (χ1) is 20.9. The number of hydrogen-bond acceptors (Lipinski definition) is 7. The Balaban J connectivity index is 1.30. The summed E-state index contributed by atoms with van der Waals surface area (Å²) in [6, 6.07) is 0. The lowest BCUT2D eigenvalue weighted by Gasteiger charge is -2.71. The van der Waals surface area contributed by atoms with E-state index in [1.807, 2.05) is 0 Å². The number of ether oxygens (including phenoxy) is 2. The second-order valence-corrected chi connectivity index (χ2v) is 17.3. The molecule has 9 heteroatoms. The van der Waals surface area contributed by atoms with Crippen LogP contribution in [0.15, 0.2) is 11.6 Å². The highest BCUT2D eigenvalue weighted by molar-refractivity contribution is 5.76. The van der Waals surface area contributed by atoms with E-state index in [0.717, 1.165) is 51.4 Å². The van der Waals surface area contributed by atoms with Gasteiger partial charge in [-0.3, -0.25) is 4.79 Å². The number of allylic oxidation sites excluding steroid dienone is 2. The summed E-state index contributed by atoms with van der Waals surface area (Å²) in [5, 5.41) is 51.5. The molecule has 5 fully saturated rings. The molecular formula is C36H56O9. The summed E-state index contributed by atoms with van der Waals surface area (Å²) >= 11 is 0. The fourth-order valence-corrected chi connectivity index (χ4v) is 12.5. The van der Waals surface area contributed by atoms with E-state index in [-0.39, 0.29) is 39.6 Å². The maximum Gasteiger partial charge on any atom is 0.335 e. The predicted molar refractivity (Wildman–Crippen MR) is 166 cm³/mol. The van der Waals surface area contributed by atoms with Crippen LogP contribution in [0.3, 0.4) is 0 Å². The molecule has 1 saturated heterocycles. The number of fused-ring (bicyclic) bond motifs is 7. The van der Waals surface area contributed by atoms with Gasteiger partial charge < -0.3 is 35.0 Å². The van der Waals surface area contributed by atoms with Gasteiger partial charge in [-0.2, -0.15) is 0 Å². The summed E-state index contributed by atoms with van der Waals surface area (Å²) in [5.74, 6) is -0.359. The SMILES string of the molecule is C[C@H]1[C@H](C)CC[C@]2(C(=O)O)CC[C@]3(C)C4=CC[C@@H]5C(C)(C)[C@@H](O[C@@H]6O[C@H](C(=O)O)[C@@H](O)[C@H](O)[C@H]6O)CC[C@]5(C)[C@@H]4CC[C@@]3(C)[C@H]12. The average molecular weight is 633 g/mol. The molecule has 0 amide bonds. The third-order valence-electron chi connectivity index (χ3n) is 15.4. The molecule has 6 aliphatic rings. The van der Waals surface area contributed by atoms with Gasteiger partial charge in [0.1, 0.15) is 18.3 Å². The first-order valence-corrected chi connectivity index (χ1v) is 17.4. The van der Waals surface area contributed by atoms with Crippen molar-refractivity contribution in [3.05, 3.63) is 11.6 Å². The maximum atomic E-state index is 13.0. The van der Waals surface area contributed by atoms with Crippen LogP contribution in [-0.4, -0.2) is 74.3 Å². The van der Waals surface area contributed by atoms with E-state index >= 15 is 0 Å². The second kappa shape index (κ2) is 10.7. The van der Waals surface area contributed by atoms with Crippen LogP contribution in [0.25, 0.3) is 0 Å². The quantitative estimate of drug-likeness (QED) is 0.269. The van der Waals surface area contributed by atoms with Crippen LogP contribution in [0.4, 0.5) is 0 Å². The van der Waals surface area contributed by atoms with Gasteiger partial charge in [-0.1, -0.05) is 60.1 Å². The fraction of sp³-hybridized carbons (Fsp3) is 0.889. The molecule has 9 nitrogen and oxygen atoms in total. The Labute approximate surface area is 267 Å². The first kappa shape index (κ1) is 33.4. The van der Waals surface area contributed by atoms with Gasteiger partial charge in [-0.05, 0) is 109 Å². The van der Waals surface area contributed by atoms with Gasteiger partial charge in [-0.15, -0.1) is 0 Å². The molecule has 0 spiro atoms. The van der Waals surface area contributed by atoms with Gasteiger partial charge in [0.15, 0.2) is 12.4 Å². The molecular weight excluding hydrogens is 576 g/mol. The molecule has 4 saturated carbocycles. The molecule has 15 atom stereocenters. The van der Waals surface area contributed by atoms with Crippen molar-refractivity contribution in [3.8, 4) is 0 Å². The van der Waals surface area contributed by atoms with Crippen molar-refractivity contribution in [1.82, 2.24) is 0 Å². The number of aliphatic hydroxyl groups excluding tert-OH is 3. The summed E-state index contributed by atoms with van der Waals surface area (Å²) in [5.41, 5.74) is 0.385. The molecule has 1 aliphatic heterocycles. The van der Waals surface area contributed by atoms with Crippen LogP contribution in [0.1, 0.15) is 106 Å². The van der Waals surface area contributed by atoms with E-state index in [0.29, 0.717) is 24.2 Å². The largest absolute Gasteiger partial charge is 0.481 e. The Morgan fingerprint density at radius 2 is 1.56 bits per heavy atom. The van der Waals surface area contributed by atoms with Gasteiger partial charge in [0, 0.05) is 0 Å². The van der Waals surface area contributed by atoms with Gasteiger partial charge in [-0.25, -0.2) is 4.79 Å². The van der Waals surface area contributed by atoms with E-state index in [1.54, 1.807) is 5.57 Å². The first-order valence-electron chi connectivity index (χ1n) is 17.4. The Bertz CT molecular complexity index is 1250. The van der Waals surface area contributed by atoms with E-state index in [2.05, 4.69) is 54.5 Å². The molecule has 254 valence electrons. The highest BCUT2D eigenvalue weighted by atomic mass is 16.7. The molecule has 1 heterocycles. The maximum absolute atomic E-state index is 13.0. The molecule has 0 radical (unpaired) electrons. The zero-order valence-corrected chi connectivity index (χ0v) is 28.2. The van der Waals surface area contributed by atoms with Crippen LogP contribution in [-0.2, 0) is 19.1 Å². The van der Waals surface area contributed by atoms with Crippen LogP contribution >= 0.6 is 0 Å². The molecule has 5 N–H and O–H groups in total. The van der Waals surface area contributed by atoms with Crippen LogP contribution in [0.5, 0.6) is 0 Å². The van der Waals surface area contributed by atoms with Crippen LogP contribution < -0.4 is 0 Å². The highest BCUT2D eigenvalue weighted by Crippen LogP contribution is 2.76. The number of carbonyl (C=O) groups is 2. The van der Waals surface area contributed by atoms with E-state index in [9.17, 15) is 35.1 Å². The smallest absolute Gasteiger partial charge is 0.335 e. The van der Waals surface area contributed by atoms with Gasteiger partial charge in [0.25, 0.3) is 0 Å². The molecule has 45 heavy (non-hydrogen) atoms. The lowest BCUT2D eigenvalue weighted by atomic mass is 9.33. The standard InChI is InChI=1S/C36H56O9/c1-18-10-15-36(31(42)43)17-16-34(6)21-8-9-22-32(3,4)23(44-30-26(39)24(37)25(38)27(45-30)29(40)41)12-13-33(22,5)20(21)11-14-35(34,7)28(36)19(18)2/h8,18-20,22-28,30,37-39H,9-17H2,1-7H3,(H,40,41)(H,42,43)/t18-,19+,20-,22-,23+,24+,25+,26-,27+,28+,30-,33-,34-,35+,36+/m1/s1. The van der Waals surface area contributed by atoms with Gasteiger partial charge >= 0.3 is 11.9 Å². The lowest BCUT2D eigenvalue weighted by molar-refractivity contribution is -0.320. The minimum Gasteiger partial charge on any atom is -0.481 e. The molecule has 0 aromatic carbocycles. The zero-order chi connectivity index (χ0) is 33.1. The Morgan fingerprint density at radius 1 is 0.867 bits per heavy atom. The number of rotatable bonds is 4. The molecule has 6 rings (SSSR count). The molecule has 0 aromatic heterocycles. The van der Waals surface area contributed by atoms with Gasteiger partial charge in [0.05, 0.1) is 11.5 Å². The van der Waals surface area contributed by atoms with Crippen LogP contribution in [0, 0.1) is 56.7 Å². The summed E-state index contributed by atoms with van der Waals surface area (Å²) in [4.78, 5) is 24.7. The fourth-order valence-electron chi connectivity index (χ4n) is 12.5. The Kier molecular flexibility index (Phi) is 7.97. The topological polar surface area (TPSA) is 154 Å². The van der Waals surface area contributed by atoms with E-state index in [1.165, 1.54) is 0 Å². The predicted octanol–water partition coefficient (Wildman–Crippen LogP) is 5.01. The third kappa shape index (κ3) is 4.42. The van der Waals surface area contributed by atoms with Crippen molar-refractivity contribution in [3.63, 3.8) is 0 Å². The number of carboxylic acid groups (broad SMARTS) is 2. The summed E-state index contributed by atoms with van der Waals surface area (Å²) in [6.45, 7) is 16.3. The lowest BCUT2D eigenvalue weighted by Crippen LogP contribution is -2.66. The molecule has 0 aromatic rings. The second-order valence-electron chi connectivity index (χ2n) is 17.3. The summed E-state index contributed by atoms with van der Waals surface area (Å²) in [6.07, 6.45) is 2.02. The van der Waals surface area contributed by atoms with E-state index < -0.39 is 48.1 Å². The van der Waals surface area contributed by atoms with E-state index in [4.69, 9.17) is 9.47 Å². The number of aliphatic carboxylic acids is 2. The minimum atomic E-state index is -1.75. The molecule has 0 bridgehead atoms. The minimum absolute atomic E-state index is 0.00403. The summed E-state index contributed by atoms with van der Waals surface area (Å²) < 4.78 is 11.9. The van der Waals surface area contributed by atoms with Gasteiger partial charge in [0.2, 0.25) is 0 Å². The van der Waals surface area contributed by atoms with Crippen molar-refractivity contribution < 1.29 is 44.6 Å². The normalized spacial score (nSPS) is 54.0. The zero-order valence-electron chi connectivity index (χ0n) is 28.2. The third-order valence-corrected chi connectivity index (χ3v) is 15.4. The number of aliphatic hydroxyl groups is 3. The number of hydrogen-bond donors (Lipinski definition) is 5. The average Bonchev–Trinajstić information content (AvgIpc) is 2.96. The van der Waals surface area contributed by atoms with Crippen LogP contribution in [0.2, 0.25) is 0 Å². The monoisotopic (exact) mass is 632 g/mol.